The van der Waals surface area contributed by atoms with E-state index in [4.69, 9.17) is 16.3 Å². The van der Waals surface area contributed by atoms with Crippen molar-refractivity contribution in [1.29, 1.82) is 0 Å². The van der Waals surface area contributed by atoms with Crippen molar-refractivity contribution in [3.63, 3.8) is 0 Å². The molecule has 0 aromatic heterocycles. The fourth-order valence-corrected chi connectivity index (χ4v) is 3.95. The standard InChI is InChI=1S/C25H20ClFN2O3/c1-14-4-10-20(15(2)12-14)29-24(30)22(16-5-7-17(27)8-6-16)23(25(29)31)28-18-9-11-21(32-3)19(26)13-18/h4-13,28H,1-3H3. The van der Waals surface area contributed by atoms with Gasteiger partial charge in [-0.05, 0) is 61.4 Å². The number of nitrogens with zero attached hydrogens (tertiary/aromatic N) is 1. The Morgan fingerprint density at radius 1 is 0.938 bits per heavy atom. The number of anilines is 2. The first-order valence-corrected chi connectivity index (χ1v) is 10.2. The maximum Gasteiger partial charge on any atom is 0.282 e. The molecule has 5 nitrogen and oxygen atoms in total. The second kappa shape index (κ2) is 8.48. The van der Waals surface area contributed by atoms with Gasteiger partial charge < -0.3 is 10.1 Å². The summed E-state index contributed by atoms with van der Waals surface area (Å²) in [5.41, 5.74) is 3.48. The summed E-state index contributed by atoms with van der Waals surface area (Å²) < 4.78 is 18.7. The van der Waals surface area contributed by atoms with Crippen LogP contribution in [0.3, 0.4) is 0 Å². The van der Waals surface area contributed by atoms with Crippen molar-refractivity contribution in [2.75, 3.05) is 17.3 Å². The normalized spacial score (nSPS) is 13.7. The Morgan fingerprint density at radius 2 is 1.66 bits per heavy atom. The highest BCUT2D eigenvalue weighted by molar-refractivity contribution is 6.46. The number of halogens is 2. The predicted octanol–water partition coefficient (Wildman–Crippen LogP) is 5.50. The zero-order valence-corrected chi connectivity index (χ0v) is 18.5. The van der Waals surface area contributed by atoms with Crippen molar-refractivity contribution in [1.82, 2.24) is 0 Å². The van der Waals surface area contributed by atoms with Crippen LogP contribution in [0.1, 0.15) is 16.7 Å². The third-order valence-corrected chi connectivity index (χ3v) is 5.53. The van der Waals surface area contributed by atoms with Crippen molar-refractivity contribution in [3.05, 3.63) is 93.9 Å². The van der Waals surface area contributed by atoms with Gasteiger partial charge >= 0.3 is 0 Å². The molecular weight excluding hydrogens is 431 g/mol. The first-order valence-electron chi connectivity index (χ1n) is 9.87. The minimum Gasteiger partial charge on any atom is -0.495 e. The number of benzene rings is 3. The Morgan fingerprint density at radius 3 is 2.28 bits per heavy atom. The summed E-state index contributed by atoms with van der Waals surface area (Å²) in [6, 6.07) is 15.9. The van der Waals surface area contributed by atoms with E-state index >= 15 is 0 Å². The molecule has 162 valence electrons. The third kappa shape index (κ3) is 3.85. The predicted molar refractivity (Wildman–Crippen MR) is 123 cm³/mol. The second-order valence-electron chi connectivity index (χ2n) is 7.47. The van der Waals surface area contributed by atoms with Gasteiger partial charge in [-0.3, -0.25) is 9.59 Å². The summed E-state index contributed by atoms with van der Waals surface area (Å²) in [5.74, 6) is -0.951. The molecule has 4 rings (SSSR count). The van der Waals surface area contributed by atoms with Gasteiger partial charge in [-0.1, -0.05) is 41.4 Å². The Bertz CT molecular complexity index is 1270. The molecule has 0 spiro atoms. The smallest absolute Gasteiger partial charge is 0.282 e. The van der Waals surface area contributed by atoms with Crippen LogP contribution >= 0.6 is 11.6 Å². The lowest BCUT2D eigenvalue weighted by Crippen LogP contribution is -2.33. The number of nitrogens with one attached hydrogen (secondary N) is 1. The minimum absolute atomic E-state index is 0.0859. The number of imide groups is 1. The zero-order chi connectivity index (χ0) is 23.0. The van der Waals surface area contributed by atoms with Gasteiger partial charge in [-0.15, -0.1) is 0 Å². The van der Waals surface area contributed by atoms with Crippen LogP contribution in [0.4, 0.5) is 15.8 Å². The lowest BCUT2D eigenvalue weighted by molar-refractivity contribution is -0.120. The molecule has 1 N–H and O–H groups in total. The number of amides is 2. The van der Waals surface area contributed by atoms with Crippen molar-refractivity contribution in [2.24, 2.45) is 0 Å². The lowest BCUT2D eigenvalue weighted by Gasteiger charge is -2.18. The molecule has 32 heavy (non-hydrogen) atoms. The van der Waals surface area contributed by atoms with E-state index in [9.17, 15) is 14.0 Å². The highest BCUT2D eigenvalue weighted by atomic mass is 35.5. The van der Waals surface area contributed by atoms with Crippen LogP contribution in [-0.4, -0.2) is 18.9 Å². The number of ether oxygens (including phenoxy) is 1. The molecule has 3 aromatic carbocycles. The maximum atomic E-state index is 13.5. The van der Waals surface area contributed by atoms with Crippen molar-refractivity contribution in [2.45, 2.75) is 13.8 Å². The summed E-state index contributed by atoms with van der Waals surface area (Å²) in [5, 5.41) is 3.39. The fraction of sp³-hybridized carbons (Fsp3) is 0.120. The first-order chi connectivity index (χ1) is 15.3. The Hall–Kier alpha value is -3.64. The molecule has 3 aromatic rings. The van der Waals surface area contributed by atoms with Gasteiger partial charge in [0, 0.05) is 5.69 Å². The molecule has 0 fully saturated rings. The van der Waals surface area contributed by atoms with E-state index in [-0.39, 0.29) is 11.3 Å². The molecule has 0 atom stereocenters. The lowest BCUT2D eigenvalue weighted by atomic mass is 10.0. The molecule has 0 saturated heterocycles. The zero-order valence-electron chi connectivity index (χ0n) is 17.7. The molecule has 0 bridgehead atoms. The van der Waals surface area contributed by atoms with E-state index < -0.39 is 17.6 Å². The maximum absolute atomic E-state index is 13.5. The summed E-state index contributed by atoms with van der Waals surface area (Å²) >= 11 is 6.23. The van der Waals surface area contributed by atoms with Crippen LogP contribution < -0.4 is 15.0 Å². The number of carbonyl (C=O) groups excluding carboxylic acids is 2. The van der Waals surface area contributed by atoms with Gasteiger partial charge in [-0.2, -0.15) is 0 Å². The first kappa shape index (κ1) is 21.6. The Balaban J connectivity index is 1.82. The molecule has 1 heterocycles. The average Bonchev–Trinajstić information content (AvgIpc) is 2.99. The van der Waals surface area contributed by atoms with Crippen molar-refractivity contribution >= 4 is 40.4 Å². The van der Waals surface area contributed by atoms with E-state index in [1.54, 1.807) is 24.3 Å². The Labute approximate surface area is 190 Å². The Kier molecular flexibility index (Phi) is 5.72. The van der Waals surface area contributed by atoms with Gasteiger partial charge in [0.2, 0.25) is 0 Å². The molecule has 7 heteroatoms. The largest absolute Gasteiger partial charge is 0.495 e. The van der Waals surface area contributed by atoms with E-state index in [1.165, 1.54) is 31.4 Å². The molecule has 2 amide bonds. The van der Waals surface area contributed by atoms with E-state index in [1.807, 2.05) is 26.0 Å². The third-order valence-electron chi connectivity index (χ3n) is 5.23. The minimum atomic E-state index is -0.506. The number of carbonyl (C=O) groups is 2. The van der Waals surface area contributed by atoms with Gasteiger partial charge in [0.15, 0.2) is 0 Å². The van der Waals surface area contributed by atoms with Crippen LogP contribution in [0, 0.1) is 19.7 Å². The highest BCUT2D eigenvalue weighted by Crippen LogP contribution is 2.36. The van der Waals surface area contributed by atoms with Gasteiger partial charge in [0.1, 0.15) is 17.3 Å². The van der Waals surface area contributed by atoms with E-state index in [0.29, 0.717) is 27.7 Å². The van der Waals surface area contributed by atoms with Crippen LogP contribution in [0.25, 0.3) is 5.57 Å². The number of methoxy groups -OCH3 is 1. The van der Waals surface area contributed by atoms with Crippen molar-refractivity contribution in [3.8, 4) is 5.75 Å². The summed E-state index contributed by atoms with van der Waals surface area (Å²) in [6.07, 6.45) is 0. The molecule has 1 aliphatic rings. The van der Waals surface area contributed by atoms with Crippen LogP contribution in [0.15, 0.2) is 66.4 Å². The van der Waals surface area contributed by atoms with Gasteiger partial charge in [0.05, 0.1) is 23.4 Å². The average molecular weight is 451 g/mol. The van der Waals surface area contributed by atoms with Gasteiger partial charge in [-0.25, -0.2) is 9.29 Å². The van der Waals surface area contributed by atoms with Gasteiger partial charge in [0.25, 0.3) is 11.8 Å². The molecular formula is C25H20ClFN2O3. The topological polar surface area (TPSA) is 58.6 Å². The summed E-state index contributed by atoms with van der Waals surface area (Å²) in [4.78, 5) is 28.1. The summed E-state index contributed by atoms with van der Waals surface area (Å²) in [6.45, 7) is 3.78. The van der Waals surface area contributed by atoms with E-state index in [2.05, 4.69) is 5.32 Å². The molecule has 0 unspecified atom stereocenters. The second-order valence-corrected chi connectivity index (χ2v) is 7.87. The van der Waals surface area contributed by atoms with Crippen LogP contribution in [0.2, 0.25) is 5.02 Å². The SMILES string of the molecule is COc1ccc(NC2=C(c3ccc(F)cc3)C(=O)N(c3ccc(C)cc3C)C2=O)cc1Cl. The monoisotopic (exact) mass is 450 g/mol. The quantitative estimate of drug-likeness (QED) is 0.521. The van der Waals surface area contributed by atoms with Crippen LogP contribution in [-0.2, 0) is 9.59 Å². The van der Waals surface area contributed by atoms with Crippen molar-refractivity contribution < 1.29 is 18.7 Å². The highest BCUT2D eigenvalue weighted by Gasteiger charge is 2.40. The molecule has 0 aliphatic carbocycles. The molecule has 1 aliphatic heterocycles. The van der Waals surface area contributed by atoms with E-state index in [0.717, 1.165) is 16.0 Å². The number of hydrogen-bond acceptors (Lipinski definition) is 4. The number of hydrogen-bond donors (Lipinski definition) is 1. The summed E-state index contributed by atoms with van der Waals surface area (Å²) in [7, 11) is 1.50. The number of aryl methyl sites for hydroxylation is 2. The molecule has 0 saturated carbocycles. The molecule has 0 radical (unpaired) electrons. The van der Waals surface area contributed by atoms with Crippen LogP contribution in [0.5, 0.6) is 5.75 Å². The fourth-order valence-electron chi connectivity index (χ4n) is 3.69. The number of rotatable bonds is 5.